The number of hydrogen-bond donors (Lipinski definition) is 2. The van der Waals surface area contributed by atoms with E-state index >= 15 is 0 Å². The van der Waals surface area contributed by atoms with E-state index in [9.17, 15) is 18.0 Å². The maximum Gasteiger partial charge on any atom is 0.266 e. The topological polar surface area (TPSA) is 101 Å². The van der Waals surface area contributed by atoms with Crippen molar-refractivity contribution in [3.63, 3.8) is 0 Å². The third-order valence-corrected chi connectivity index (χ3v) is 5.06. The smallest absolute Gasteiger partial charge is 0.266 e. The van der Waals surface area contributed by atoms with Crippen LogP contribution in [0.5, 0.6) is 0 Å². The Morgan fingerprint density at radius 2 is 1.88 bits per heavy atom. The van der Waals surface area contributed by atoms with Crippen LogP contribution < -0.4 is 5.32 Å². The lowest BCUT2D eigenvalue weighted by atomic mass is 9.98. The van der Waals surface area contributed by atoms with Gasteiger partial charge in [-0.05, 0) is 23.9 Å². The van der Waals surface area contributed by atoms with Gasteiger partial charge in [-0.3, -0.25) is 14.1 Å². The van der Waals surface area contributed by atoms with Crippen LogP contribution in [0, 0.1) is 0 Å². The highest BCUT2D eigenvalue weighted by molar-refractivity contribution is 7.85. The number of ketones is 1. The lowest BCUT2D eigenvalue weighted by Gasteiger charge is -2.12. The van der Waals surface area contributed by atoms with Crippen molar-refractivity contribution >= 4 is 33.1 Å². The van der Waals surface area contributed by atoms with Crippen LogP contribution >= 0.6 is 11.3 Å². The second-order valence-corrected chi connectivity index (χ2v) is 7.75. The van der Waals surface area contributed by atoms with Crippen molar-refractivity contribution in [1.29, 1.82) is 0 Å². The number of carbonyl (C=O) groups excluding carboxylic acids is 2. The first-order valence-electron chi connectivity index (χ1n) is 7.19. The fourth-order valence-corrected chi connectivity index (χ4v) is 3.13. The molecular weight excluding hydrogens is 350 g/mol. The molecule has 128 valence electrons. The minimum absolute atomic E-state index is 0.0678. The van der Waals surface area contributed by atoms with Crippen molar-refractivity contribution in [1.82, 2.24) is 5.32 Å². The second-order valence-electron chi connectivity index (χ2n) is 5.23. The van der Waals surface area contributed by atoms with E-state index in [-0.39, 0.29) is 18.2 Å². The molecule has 1 heterocycles. The van der Waals surface area contributed by atoms with Crippen molar-refractivity contribution < 1.29 is 22.6 Å². The third kappa shape index (κ3) is 4.98. The molecule has 0 bridgehead atoms. The normalized spacial score (nSPS) is 12.6. The quantitative estimate of drug-likeness (QED) is 0.576. The summed E-state index contributed by atoms with van der Waals surface area (Å²) in [5.41, 5.74) is 1.25. The molecule has 2 rings (SSSR count). The standard InChI is InChI=1S/C16H17NO5S2/c1-11(16(19)17-8-10-24(20,21)22)12-4-6-13(7-5-12)15(18)14-3-2-9-23-14/h2-7,9,11H,8,10H2,1H3,(H,17,19)(H,20,21,22). The molecule has 24 heavy (non-hydrogen) atoms. The second kappa shape index (κ2) is 7.69. The number of rotatable bonds is 7. The summed E-state index contributed by atoms with van der Waals surface area (Å²) < 4.78 is 29.9. The fraction of sp³-hybridized carbons (Fsp3) is 0.250. The third-order valence-electron chi connectivity index (χ3n) is 3.47. The minimum Gasteiger partial charge on any atom is -0.354 e. The van der Waals surface area contributed by atoms with Crippen LogP contribution in [0.15, 0.2) is 41.8 Å². The van der Waals surface area contributed by atoms with Crippen molar-refractivity contribution in [3.8, 4) is 0 Å². The van der Waals surface area contributed by atoms with Crippen LogP contribution in [0.4, 0.5) is 0 Å². The van der Waals surface area contributed by atoms with E-state index in [0.29, 0.717) is 16.0 Å². The van der Waals surface area contributed by atoms with Gasteiger partial charge in [0.05, 0.1) is 16.5 Å². The minimum atomic E-state index is -4.10. The zero-order valence-corrected chi connectivity index (χ0v) is 14.6. The first-order chi connectivity index (χ1) is 11.3. The molecule has 2 N–H and O–H groups in total. The highest BCUT2D eigenvalue weighted by Gasteiger charge is 2.17. The molecule has 1 atom stereocenters. The number of carbonyl (C=O) groups is 2. The first-order valence-corrected chi connectivity index (χ1v) is 9.68. The molecule has 0 spiro atoms. The van der Waals surface area contributed by atoms with Crippen LogP contribution in [-0.4, -0.2) is 37.0 Å². The molecule has 0 saturated carbocycles. The Bertz CT molecular complexity index is 811. The number of amides is 1. The van der Waals surface area contributed by atoms with Gasteiger partial charge in [0.2, 0.25) is 11.7 Å². The van der Waals surface area contributed by atoms with Crippen molar-refractivity contribution in [2.45, 2.75) is 12.8 Å². The fourth-order valence-electron chi connectivity index (χ4n) is 2.08. The summed E-state index contributed by atoms with van der Waals surface area (Å²) >= 11 is 1.37. The van der Waals surface area contributed by atoms with Gasteiger partial charge in [-0.2, -0.15) is 8.42 Å². The zero-order valence-electron chi connectivity index (χ0n) is 12.9. The van der Waals surface area contributed by atoms with Crippen LogP contribution in [0.3, 0.4) is 0 Å². The molecule has 0 fully saturated rings. The molecule has 0 aliphatic heterocycles. The monoisotopic (exact) mass is 367 g/mol. The number of benzene rings is 1. The van der Waals surface area contributed by atoms with E-state index in [0.717, 1.165) is 0 Å². The van der Waals surface area contributed by atoms with E-state index in [2.05, 4.69) is 5.32 Å². The Morgan fingerprint density at radius 1 is 1.21 bits per heavy atom. The molecule has 0 radical (unpaired) electrons. The Hall–Kier alpha value is -2.03. The maximum absolute atomic E-state index is 12.2. The van der Waals surface area contributed by atoms with Gasteiger partial charge < -0.3 is 5.32 Å². The maximum atomic E-state index is 12.2. The van der Waals surface area contributed by atoms with Crippen LogP contribution in [0.25, 0.3) is 0 Å². The van der Waals surface area contributed by atoms with Gasteiger partial charge in [0, 0.05) is 12.1 Å². The van der Waals surface area contributed by atoms with Crippen LogP contribution in [0.1, 0.15) is 33.6 Å². The zero-order chi connectivity index (χ0) is 17.7. The van der Waals surface area contributed by atoms with E-state index in [4.69, 9.17) is 4.55 Å². The molecule has 1 unspecified atom stereocenters. The Labute approximate surface area is 144 Å². The Balaban J connectivity index is 1.99. The van der Waals surface area contributed by atoms with Gasteiger partial charge in [-0.1, -0.05) is 30.3 Å². The lowest BCUT2D eigenvalue weighted by molar-refractivity contribution is -0.122. The number of nitrogens with one attached hydrogen (secondary N) is 1. The van der Waals surface area contributed by atoms with Gasteiger partial charge in [-0.15, -0.1) is 11.3 Å². The Kier molecular flexibility index (Phi) is 5.87. The average molecular weight is 367 g/mol. The summed E-state index contributed by atoms with van der Waals surface area (Å²) in [6.45, 7) is 1.52. The molecule has 1 amide bonds. The first kappa shape index (κ1) is 18.3. The summed E-state index contributed by atoms with van der Waals surface area (Å²) in [6, 6.07) is 10.3. The van der Waals surface area contributed by atoms with E-state index in [1.807, 2.05) is 11.4 Å². The van der Waals surface area contributed by atoms with Crippen molar-refractivity contribution in [3.05, 3.63) is 57.8 Å². The Morgan fingerprint density at radius 3 is 2.42 bits per heavy atom. The average Bonchev–Trinajstić information content (AvgIpc) is 3.06. The molecule has 1 aromatic carbocycles. The SMILES string of the molecule is CC(C(=O)NCCS(=O)(=O)O)c1ccc(C(=O)c2cccs2)cc1. The molecule has 0 aliphatic carbocycles. The van der Waals surface area contributed by atoms with E-state index < -0.39 is 21.8 Å². The summed E-state index contributed by atoms with van der Waals surface area (Å²) in [5.74, 6) is -1.45. The van der Waals surface area contributed by atoms with Gasteiger partial charge in [0.1, 0.15) is 0 Å². The highest BCUT2D eigenvalue weighted by Crippen LogP contribution is 2.19. The van der Waals surface area contributed by atoms with Gasteiger partial charge in [-0.25, -0.2) is 0 Å². The van der Waals surface area contributed by atoms with Crippen LogP contribution in [0.2, 0.25) is 0 Å². The molecule has 0 aliphatic rings. The number of hydrogen-bond acceptors (Lipinski definition) is 5. The largest absolute Gasteiger partial charge is 0.354 e. The van der Waals surface area contributed by atoms with Gasteiger partial charge >= 0.3 is 0 Å². The van der Waals surface area contributed by atoms with E-state index in [1.165, 1.54) is 11.3 Å². The summed E-state index contributed by atoms with van der Waals surface area (Å²) in [5, 5.41) is 4.29. The van der Waals surface area contributed by atoms with Crippen LogP contribution in [-0.2, 0) is 14.9 Å². The van der Waals surface area contributed by atoms with E-state index in [1.54, 1.807) is 37.3 Å². The van der Waals surface area contributed by atoms with Gasteiger partial charge in [0.15, 0.2) is 0 Å². The number of thiophene rings is 1. The molecule has 1 aromatic heterocycles. The lowest BCUT2D eigenvalue weighted by Crippen LogP contribution is -2.32. The summed E-state index contributed by atoms with van der Waals surface area (Å²) in [4.78, 5) is 24.8. The van der Waals surface area contributed by atoms with Crippen molar-refractivity contribution in [2.24, 2.45) is 0 Å². The highest BCUT2D eigenvalue weighted by atomic mass is 32.2. The molecule has 8 heteroatoms. The molecular formula is C16H17NO5S2. The predicted octanol–water partition coefficient (Wildman–Crippen LogP) is 2.09. The molecule has 2 aromatic rings. The molecule has 0 saturated heterocycles. The van der Waals surface area contributed by atoms with Gasteiger partial charge in [0.25, 0.3) is 10.1 Å². The van der Waals surface area contributed by atoms with Crippen molar-refractivity contribution in [2.75, 3.05) is 12.3 Å². The predicted molar refractivity (Wildman–Crippen MR) is 92.0 cm³/mol. The molecule has 6 nitrogen and oxygen atoms in total. The summed E-state index contributed by atoms with van der Waals surface area (Å²) in [6.07, 6.45) is 0. The summed E-state index contributed by atoms with van der Waals surface area (Å²) in [7, 11) is -4.10.